The average Bonchev–Trinajstić information content (AvgIpc) is 2.96. The Morgan fingerprint density at radius 3 is 1.55 bits per heavy atom. The van der Waals surface area contributed by atoms with Crippen LogP contribution in [0.2, 0.25) is 0 Å². The van der Waals surface area contributed by atoms with Crippen LogP contribution in [-0.2, 0) is 28.6 Å². The Balaban J connectivity index is 0.000000765. The third-order valence-electron chi connectivity index (χ3n) is 6.45. The van der Waals surface area contributed by atoms with Crippen molar-refractivity contribution in [3.05, 3.63) is 41.7 Å². The minimum Gasteiger partial charge on any atom is -0.490 e. The van der Waals surface area contributed by atoms with Gasteiger partial charge in [-0.2, -0.15) is 0 Å². The van der Waals surface area contributed by atoms with E-state index in [0.29, 0.717) is 19.4 Å². The number of hydrogen-bond donors (Lipinski definition) is 0. The van der Waals surface area contributed by atoms with Crippen LogP contribution in [0.15, 0.2) is 36.1 Å². The molecule has 1 rings (SSSR count). The Hall–Kier alpha value is -2.63. The van der Waals surface area contributed by atoms with Crippen molar-refractivity contribution in [3.63, 3.8) is 0 Å². The highest BCUT2D eigenvalue weighted by Gasteiger charge is 2.11. The zero-order valence-corrected chi connectivity index (χ0v) is 25.8. The SMILES string of the molecule is CCCCCCCC(=O)OC(=O)CCCCCCC.CCCCCCCCOC(=O)C(=Cc1ccccc1)OC. The molecular weight excluding hydrogens is 504 g/mol. The highest BCUT2D eigenvalue weighted by Crippen LogP contribution is 2.11. The summed E-state index contributed by atoms with van der Waals surface area (Å²) < 4.78 is 15.1. The molecule has 6 nitrogen and oxygen atoms in total. The standard InChI is InChI=1S/C18H26O3.C16H30O3/c1-3-4-5-6-7-11-14-21-18(19)17(20-2)15-16-12-9-8-10-13-16;1-3-5-7-9-11-13-15(17)19-16(18)14-12-10-8-6-4-2/h8-10,12-13,15H,3-7,11,14H2,1-2H3;3-14H2,1-2H3. The molecule has 0 fully saturated rings. The van der Waals surface area contributed by atoms with E-state index < -0.39 is 5.97 Å². The fourth-order valence-electron chi connectivity index (χ4n) is 4.00. The number of carbonyl (C=O) groups is 3. The maximum atomic E-state index is 11.9. The number of carbonyl (C=O) groups excluding carboxylic acids is 3. The summed E-state index contributed by atoms with van der Waals surface area (Å²) in [5, 5.41) is 0. The van der Waals surface area contributed by atoms with Crippen molar-refractivity contribution in [2.75, 3.05) is 13.7 Å². The molecule has 1 aromatic rings. The van der Waals surface area contributed by atoms with Gasteiger partial charge in [0.1, 0.15) is 0 Å². The molecule has 1 aromatic carbocycles. The molecule has 0 N–H and O–H groups in total. The van der Waals surface area contributed by atoms with Gasteiger partial charge >= 0.3 is 17.9 Å². The Bertz CT molecular complexity index is 763. The molecule has 0 amide bonds. The topological polar surface area (TPSA) is 78.9 Å². The highest BCUT2D eigenvalue weighted by atomic mass is 16.6. The van der Waals surface area contributed by atoms with Gasteiger partial charge in [0.05, 0.1) is 13.7 Å². The van der Waals surface area contributed by atoms with Gasteiger partial charge in [0.25, 0.3) is 0 Å². The van der Waals surface area contributed by atoms with Crippen LogP contribution >= 0.6 is 0 Å². The van der Waals surface area contributed by atoms with Crippen LogP contribution in [0.25, 0.3) is 6.08 Å². The van der Waals surface area contributed by atoms with Gasteiger partial charge in [-0.05, 0) is 30.9 Å². The maximum Gasteiger partial charge on any atom is 0.373 e. The molecule has 0 radical (unpaired) electrons. The molecule has 0 spiro atoms. The Morgan fingerprint density at radius 1 is 0.625 bits per heavy atom. The molecule has 0 unspecified atom stereocenters. The van der Waals surface area contributed by atoms with Crippen molar-refractivity contribution in [3.8, 4) is 0 Å². The number of esters is 3. The molecule has 228 valence electrons. The van der Waals surface area contributed by atoms with E-state index in [-0.39, 0.29) is 17.7 Å². The van der Waals surface area contributed by atoms with Crippen LogP contribution in [0.4, 0.5) is 0 Å². The van der Waals surface area contributed by atoms with Gasteiger partial charge in [0.15, 0.2) is 0 Å². The summed E-state index contributed by atoms with van der Waals surface area (Å²) in [6, 6.07) is 9.60. The van der Waals surface area contributed by atoms with E-state index in [1.165, 1.54) is 58.5 Å². The zero-order valence-electron chi connectivity index (χ0n) is 25.8. The van der Waals surface area contributed by atoms with Crippen molar-refractivity contribution in [1.82, 2.24) is 0 Å². The van der Waals surface area contributed by atoms with E-state index in [9.17, 15) is 14.4 Å². The van der Waals surface area contributed by atoms with Crippen LogP contribution < -0.4 is 0 Å². The first-order valence-electron chi connectivity index (χ1n) is 15.7. The van der Waals surface area contributed by atoms with Crippen LogP contribution in [0.5, 0.6) is 0 Å². The van der Waals surface area contributed by atoms with Gasteiger partial charge in [0.2, 0.25) is 5.76 Å². The molecule has 0 aromatic heterocycles. The number of rotatable bonds is 22. The summed E-state index contributed by atoms with van der Waals surface area (Å²) in [6.07, 6.45) is 20.4. The lowest BCUT2D eigenvalue weighted by Crippen LogP contribution is -2.11. The fraction of sp³-hybridized carbons (Fsp3) is 0.676. The Morgan fingerprint density at radius 2 is 1.07 bits per heavy atom. The van der Waals surface area contributed by atoms with Crippen LogP contribution in [0.3, 0.4) is 0 Å². The van der Waals surface area contributed by atoms with Crippen LogP contribution in [-0.4, -0.2) is 31.6 Å². The molecule has 0 aliphatic heterocycles. The van der Waals surface area contributed by atoms with Crippen LogP contribution in [0.1, 0.15) is 142 Å². The fourth-order valence-corrected chi connectivity index (χ4v) is 4.00. The van der Waals surface area contributed by atoms with Crippen LogP contribution in [0, 0.1) is 0 Å². The van der Waals surface area contributed by atoms with Crippen molar-refractivity contribution < 1.29 is 28.6 Å². The minimum absolute atomic E-state index is 0.243. The summed E-state index contributed by atoms with van der Waals surface area (Å²) in [5.74, 6) is -0.854. The lowest BCUT2D eigenvalue weighted by molar-refractivity contribution is -0.159. The Labute approximate surface area is 244 Å². The first-order chi connectivity index (χ1) is 19.5. The van der Waals surface area contributed by atoms with Crippen molar-refractivity contribution in [1.29, 1.82) is 0 Å². The van der Waals surface area contributed by atoms with E-state index in [1.54, 1.807) is 6.08 Å². The van der Waals surface area contributed by atoms with E-state index in [1.807, 2.05) is 30.3 Å². The summed E-state index contributed by atoms with van der Waals surface area (Å²) in [7, 11) is 1.49. The number of ether oxygens (including phenoxy) is 3. The largest absolute Gasteiger partial charge is 0.490 e. The smallest absolute Gasteiger partial charge is 0.373 e. The quantitative estimate of drug-likeness (QED) is 0.0462. The van der Waals surface area contributed by atoms with Crippen molar-refractivity contribution >= 4 is 24.0 Å². The second-order valence-electron chi connectivity index (χ2n) is 10.2. The maximum absolute atomic E-state index is 11.9. The summed E-state index contributed by atoms with van der Waals surface area (Å²) in [5.41, 5.74) is 0.922. The van der Waals surface area contributed by atoms with E-state index in [4.69, 9.17) is 14.2 Å². The number of benzene rings is 1. The van der Waals surface area contributed by atoms with Gasteiger partial charge in [-0.25, -0.2) is 4.79 Å². The molecule has 40 heavy (non-hydrogen) atoms. The first kappa shape index (κ1) is 37.4. The van der Waals surface area contributed by atoms with E-state index in [2.05, 4.69) is 20.8 Å². The van der Waals surface area contributed by atoms with E-state index in [0.717, 1.165) is 56.9 Å². The lowest BCUT2D eigenvalue weighted by Gasteiger charge is -2.07. The normalized spacial score (nSPS) is 10.8. The molecule has 0 atom stereocenters. The third kappa shape index (κ3) is 23.3. The molecule has 0 aliphatic rings. The van der Waals surface area contributed by atoms with Gasteiger partial charge in [0, 0.05) is 12.8 Å². The first-order valence-corrected chi connectivity index (χ1v) is 15.7. The van der Waals surface area contributed by atoms with Gasteiger partial charge < -0.3 is 14.2 Å². The minimum atomic E-state index is -0.394. The molecule has 0 bridgehead atoms. The van der Waals surface area contributed by atoms with Gasteiger partial charge in [-0.15, -0.1) is 0 Å². The number of unbranched alkanes of at least 4 members (excludes halogenated alkanes) is 13. The predicted octanol–water partition coefficient (Wildman–Crippen LogP) is 9.35. The molecule has 0 saturated heterocycles. The number of hydrogen-bond acceptors (Lipinski definition) is 6. The van der Waals surface area contributed by atoms with Gasteiger partial charge in [-0.1, -0.05) is 135 Å². The second kappa shape index (κ2) is 27.9. The molecule has 0 aliphatic carbocycles. The van der Waals surface area contributed by atoms with Gasteiger partial charge in [-0.3, -0.25) is 9.59 Å². The Kier molecular flexibility index (Phi) is 26.1. The second-order valence-corrected chi connectivity index (χ2v) is 10.2. The van der Waals surface area contributed by atoms with Crippen molar-refractivity contribution in [2.45, 2.75) is 136 Å². The van der Waals surface area contributed by atoms with Crippen molar-refractivity contribution in [2.24, 2.45) is 0 Å². The molecule has 6 heteroatoms. The zero-order chi connectivity index (χ0) is 29.7. The third-order valence-corrected chi connectivity index (χ3v) is 6.45. The monoisotopic (exact) mass is 560 g/mol. The molecule has 0 saturated carbocycles. The summed E-state index contributed by atoms with van der Waals surface area (Å²) >= 11 is 0. The van der Waals surface area contributed by atoms with E-state index >= 15 is 0 Å². The molecule has 0 heterocycles. The highest BCUT2D eigenvalue weighted by molar-refractivity contribution is 5.91. The predicted molar refractivity (Wildman–Crippen MR) is 164 cm³/mol. The molecular formula is C34H56O6. The number of methoxy groups -OCH3 is 1. The average molecular weight is 561 g/mol. The summed E-state index contributed by atoms with van der Waals surface area (Å²) in [4.78, 5) is 34.7. The lowest BCUT2D eigenvalue weighted by atomic mass is 10.1. The summed E-state index contributed by atoms with van der Waals surface area (Å²) in [6.45, 7) is 6.98.